The van der Waals surface area contributed by atoms with Gasteiger partial charge in [-0.3, -0.25) is 4.79 Å². The van der Waals surface area contributed by atoms with Crippen LogP contribution in [0.3, 0.4) is 0 Å². The number of hydrogen-bond acceptors (Lipinski definition) is 2. The summed E-state index contributed by atoms with van der Waals surface area (Å²) in [4.78, 5) is 24.9. The molecular formula is C12H21N3O2. The normalized spacial score (nSPS) is 23.0. The zero-order chi connectivity index (χ0) is 12.5. The summed E-state index contributed by atoms with van der Waals surface area (Å²) < 4.78 is 0. The van der Waals surface area contributed by atoms with E-state index in [2.05, 4.69) is 10.6 Å². The van der Waals surface area contributed by atoms with E-state index in [-0.39, 0.29) is 23.5 Å². The number of nitrogens with one attached hydrogen (secondary N) is 2. The van der Waals surface area contributed by atoms with Crippen LogP contribution in [0.5, 0.6) is 0 Å². The second-order valence-electron chi connectivity index (χ2n) is 5.42. The lowest BCUT2D eigenvalue weighted by molar-refractivity contribution is -0.120. The number of nitrogens with zero attached hydrogens (tertiary/aromatic N) is 1. The third-order valence-electron chi connectivity index (χ3n) is 3.66. The molecule has 2 saturated heterocycles. The van der Waals surface area contributed by atoms with Crippen LogP contribution in [0.15, 0.2) is 0 Å². The summed E-state index contributed by atoms with van der Waals surface area (Å²) in [5.74, 6) is 0.157. The maximum Gasteiger partial charge on any atom is 0.317 e. The first-order chi connectivity index (χ1) is 8.01. The highest BCUT2D eigenvalue weighted by Crippen LogP contribution is 2.31. The van der Waals surface area contributed by atoms with E-state index >= 15 is 0 Å². The van der Waals surface area contributed by atoms with Crippen LogP contribution in [-0.4, -0.2) is 41.5 Å². The Morgan fingerprint density at radius 1 is 1.35 bits per heavy atom. The fourth-order valence-corrected chi connectivity index (χ4v) is 2.62. The third kappa shape index (κ3) is 2.70. The number of amides is 3. The van der Waals surface area contributed by atoms with Gasteiger partial charge in [-0.15, -0.1) is 0 Å². The number of likely N-dealkylation sites (tertiary alicyclic amines) is 1. The molecule has 5 nitrogen and oxygen atoms in total. The van der Waals surface area contributed by atoms with Crippen molar-refractivity contribution in [3.63, 3.8) is 0 Å². The molecule has 0 aromatic carbocycles. The molecule has 2 heterocycles. The van der Waals surface area contributed by atoms with Gasteiger partial charge in [0.2, 0.25) is 5.91 Å². The average molecular weight is 239 g/mol. The molecular weight excluding hydrogens is 218 g/mol. The third-order valence-corrected chi connectivity index (χ3v) is 3.66. The molecule has 0 aliphatic carbocycles. The second kappa shape index (κ2) is 4.55. The van der Waals surface area contributed by atoms with Crippen LogP contribution < -0.4 is 10.6 Å². The van der Waals surface area contributed by atoms with E-state index in [0.29, 0.717) is 6.42 Å². The highest BCUT2D eigenvalue weighted by molar-refractivity contribution is 5.79. The summed E-state index contributed by atoms with van der Waals surface area (Å²) >= 11 is 0. The Morgan fingerprint density at radius 2 is 2.00 bits per heavy atom. The van der Waals surface area contributed by atoms with Crippen molar-refractivity contribution in [1.29, 1.82) is 0 Å². The lowest BCUT2D eigenvalue weighted by atomic mass is 9.86. The summed E-state index contributed by atoms with van der Waals surface area (Å²) in [7, 11) is 0. The minimum absolute atomic E-state index is 0.0131. The molecule has 1 spiro atoms. The van der Waals surface area contributed by atoms with Crippen molar-refractivity contribution in [3.05, 3.63) is 0 Å². The van der Waals surface area contributed by atoms with Gasteiger partial charge < -0.3 is 15.5 Å². The Hall–Kier alpha value is -1.26. The van der Waals surface area contributed by atoms with E-state index in [4.69, 9.17) is 0 Å². The first-order valence-electron chi connectivity index (χ1n) is 6.37. The van der Waals surface area contributed by atoms with Crippen molar-refractivity contribution < 1.29 is 9.59 Å². The SMILES string of the molecule is CC(C)NC(=O)N1CCC2(CCC(=O)N2)CC1. The van der Waals surface area contributed by atoms with E-state index in [1.807, 2.05) is 18.7 Å². The van der Waals surface area contributed by atoms with Gasteiger partial charge in [-0.2, -0.15) is 0 Å². The van der Waals surface area contributed by atoms with Crippen LogP contribution in [0.2, 0.25) is 0 Å². The van der Waals surface area contributed by atoms with Gasteiger partial charge in [-0.25, -0.2) is 4.79 Å². The Kier molecular flexibility index (Phi) is 3.26. The van der Waals surface area contributed by atoms with Crippen molar-refractivity contribution in [2.24, 2.45) is 0 Å². The molecule has 0 atom stereocenters. The highest BCUT2D eigenvalue weighted by atomic mass is 16.2. The average Bonchev–Trinajstić information content (AvgIpc) is 2.60. The predicted molar refractivity (Wildman–Crippen MR) is 64.6 cm³/mol. The number of piperidine rings is 1. The van der Waals surface area contributed by atoms with Crippen molar-refractivity contribution in [1.82, 2.24) is 15.5 Å². The first kappa shape index (κ1) is 12.2. The molecule has 17 heavy (non-hydrogen) atoms. The summed E-state index contributed by atoms with van der Waals surface area (Å²) in [6.45, 7) is 5.39. The molecule has 2 aliphatic rings. The van der Waals surface area contributed by atoms with E-state index in [9.17, 15) is 9.59 Å². The Morgan fingerprint density at radius 3 is 2.47 bits per heavy atom. The molecule has 0 unspecified atom stereocenters. The highest BCUT2D eigenvalue weighted by Gasteiger charge is 2.40. The summed E-state index contributed by atoms with van der Waals surface area (Å²) in [5, 5.41) is 5.97. The predicted octanol–water partition coefficient (Wildman–Crippen LogP) is 0.849. The van der Waals surface area contributed by atoms with Crippen molar-refractivity contribution in [2.75, 3.05) is 13.1 Å². The molecule has 2 rings (SSSR count). The van der Waals surface area contributed by atoms with Gasteiger partial charge in [-0.1, -0.05) is 0 Å². The summed E-state index contributed by atoms with van der Waals surface area (Å²) in [5.41, 5.74) is -0.0221. The monoisotopic (exact) mass is 239 g/mol. The zero-order valence-corrected chi connectivity index (χ0v) is 10.6. The van der Waals surface area contributed by atoms with E-state index in [1.165, 1.54) is 0 Å². The zero-order valence-electron chi connectivity index (χ0n) is 10.6. The van der Waals surface area contributed by atoms with E-state index in [0.717, 1.165) is 32.4 Å². The van der Waals surface area contributed by atoms with Gasteiger partial charge in [0, 0.05) is 31.1 Å². The van der Waals surface area contributed by atoms with Gasteiger partial charge in [0.15, 0.2) is 0 Å². The van der Waals surface area contributed by atoms with Crippen LogP contribution in [0.1, 0.15) is 39.5 Å². The summed E-state index contributed by atoms with van der Waals surface area (Å²) in [6, 6.07) is 0.184. The standard InChI is InChI=1S/C12H21N3O2/c1-9(2)13-11(17)15-7-5-12(6-8-15)4-3-10(16)14-12/h9H,3-8H2,1-2H3,(H,13,17)(H,14,16). The van der Waals surface area contributed by atoms with Crippen LogP contribution in [0.25, 0.3) is 0 Å². The smallest absolute Gasteiger partial charge is 0.317 e. The second-order valence-corrected chi connectivity index (χ2v) is 5.42. The molecule has 2 aliphatic heterocycles. The summed E-state index contributed by atoms with van der Waals surface area (Å²) in [6.07, 6.45) is 3.32. The van der Waals surface area contributed by atoms with Crippen molar-refractivity contribution >= 4 is 11.9 Å². The van der Waals surface area contributed by atoms with Crippen LogP contribution in [0, 0.1) is 0 Å². The number of rotatable bonds is 1. The molecule has 0 saturated carbocycles. The van der Waals surface area contributed by atoms with Crippen LogP contribution >= 0.6 is 0 Å². The molecule has 2 fully saturated rings. The van der Waals surface area contributed by atoms with Gasteiger partial charge in [-0.05, 0) is 33.1 Å². The number of carbonyl (C=O) groups excluding carboxylic acids is 2. The molecule has 2 N–H and O–H groups in total. The minimum Gasteiger partial charge on any atom is -0.351 e. The maximum absolute atomic E-state index is 11.8. The van der Waals surface area contributed by atoms with Gasteiger partial charge >= 0.3 is 6.03 Å². The molecule has 96 valence electrons. The topological polar surface area (TPSA) is 61.4 Å². The lowest BCUT2D eigenvalue weighted by Gasteiger charge is -2.39. The Labute approximate surface area is 102 Å². The quantitative estimate of drug-likeness (QED) is 0.712. The van der Waals surface area contributed by atoms with Gasteiger partial charge in [0.05, 0.1) is 0 Å². The molecule has 0 aromatic rings. The maximum atomic E-state index is 11.8. The van der Waals surface area contributed by atoms with Crippen molar-refractivity contribution in [2.45, 2.75) is 51.1 Å². The molecule has 0 aromatic heterocycles. The molecule has 0 radical (unpaired) electrons. The van der Waals surface area contributed by atoms with E-state index < -0.39 is 0 Å². The van der Waals surface area contributed by atoms with Crippen LogP contribution in [0.4, 0.5) is 4.79 Å². The minimum atomic E-state index is -0.0221. The fraction of sp³-hybridized carbons (Fsp3) is 0.833. The molecule has 5 heteroatoms. The largest absolute Gasteiger partial charge is 0.351 e. The molecule has 3 amide bonds. The number of urea groups is 1. The van der Waals surface area contributed by atoms with Gasteiger partial charge in [0.1, 0.15) is 0 Å². The number of hydrogen-bond donors (Lipinski definition) is 2. The van der Waals surface area contributed by atoms with Crippen LogP contribution in [-0.2, 0) is 4.79 Å². The lowest BCUT2D eigenvalue weighted by Crippen LogP contribution is -2.54. The Balaban J connectivity index is 1.86. The van der Waals surface area contributed by atoms with Gasteiger partial charge in [0.25, 0.3) is 0 Å². The Bertz CT molecular complexity index is 320. The van der Waals surface area contributed by atoms with E-state index in [1.54, 1.807) is 0 Å². The fourth-order valence-electron chi connectivity index (χ4n) is 2.62. The first-order valence-corrected chi connectivity index (χ1v) is 6.37. The van der Waals surface area contributed by atoms with Crippen molar-refractivity contribution in [3.8, 4) is 0 Å². The molecule has 0 bridgehead atoms. The number of carbonyl (C=O) groups is 2.